The second kappa shape index (κ2) is 13.3. The molecule has 0 N–H and O–H groups in total. The lowest BCUT2D eigenvalue weighted by Crippen LogP contribution is -2.52. The van der Waals surface area contributed by atoms with Gasteiger partial charge >= 0.3 is 5.97 Å². The largest absolute Gasteiger partial charge is 0.497 e. The molecule has 4 atom stereocenters. The smallest absolute Gasteiger partial charge is 0.343 e. The van der Waals surface area contributed by atoms with E-state index in [2.05, 4.69) is 31.9 Å². The molecule has 3 amide bonds. The number of halogens is 2. The number of hydrogen-bond acceptors (Lipinski definition) is 9. The number of hydrazine groups is 1. The first-order chi connectivity index (χ1) is 21.5. The average Bonchev–Trinajstić information content (AvgIpc) is 3.27. The van der Waals surface area contributed by atoms with Crippen LogP contribution in [0.15, 0.2) is 72.8 Å². The molecule has 232 valence electrons. The molecular weight excluding hydrogens is 718 g/mol. The zero-order valence-electron chi connectivity index (χ0n) is 23.6. The zero-order valence-corrected chi connectivity index (χ0v) is 26.8. The van der Waals surface area contributed by atoms with Crippen LogP contribution in [0.25, 0.3) is 0 Å². The van der Waals surface area contributed by atoms with Crippen LogP contribution in [-0.4, -0.2) is 67.7 Å². The van der Waals surface area contributed by atoms with E-state index in [1.807, 2.05) is 0 Å². The molecular formula is C31H25Br2N3O9. The van der Waals surface area contributed by atoms with Gasteiger partial charge in [-0.2, -0.15) is 5.01 Å². The number of hydrogen-bond donors (Lipinski definition) is 0. The number of benzene rings is 3. The van der Waals surface area contributed by atoms with Gasteiger partial charge in [0.2, 0.25) is 0 Å². The lowest BCUT2D eigenvalue weighted by Gasteiger charge is -2.30. The van der Waals surface area contributed by atoms with Gasteiger partial charge in [0.05, 0.1) is 29.4 Å². The van der Waals surface area contributed by atoms with Gasteiger partial charge < -0.3 is 9.47 Å². The molecule has 45 heavy (non-hydrogen) atoms. The predicted molar refractivity (Wildman–Crippen MR) is 166 cm³/mol. The number of carbonyl (C=O) groups is 5. The summed E-state index contributed by atoms with van der Waals surface area (Å²) in [4.78, 5) is 77.3. The summed E-state index contributed by atoms with van der Waals surface area (Å²) in [6, 6.07) is 16.6. The number of ketones is 1. The number of alkyl halides is 2. The van der Waals surface area contributed by atoms with E-state index in [0.29, 0.717) is 18.6 Å². The molecule has 12 nitrogen and oxygen atoms in total. The Bertz CT molecular complexity index is 1650. The number of non-ortho nitro benzene ring substituents is 1. The summed E-state index contributed by atoms with van der Waals surface area (Å²) >= 11 is 7.07. The van der Waals surface area contributed by atoms with Crippen LogP contribution in [0.1, 0.15) is 43.9 Å². The SMILES string of the molecule is COc1cccc(C(=O)Oc2ccc(C(=O)CN(C(=O)c3ccc([N+](=O)[O-])cc3)N3C(=O)[C@H]4C[C@@H](Br)[C@@H](Br)C[C@H]4C3=O)cc2)c1. The van der Waals surface area contributed by atoms with Crippen LogP contribution in [0, 0.1) is 22.0 Å². The number of fused-ring (bicyclic) bond motifs is 1. The zero-order chi connectivity index (χ0) is 32.4. The maximum Gasteiger partial charge on any atom is 0.343 e. The lowest BCUT2D eigenvalue weighted by atomic mass is 9.81. The second-order valence-corrected chi connectivity index (χ2v) is 12.8. The third kappa shape index (κ3) is 6.66. The summed E-state index contributed by atoms with van der Waals surface area (Å²) in [6.07, 6.45) is 0.705. The van der Waals surface area contributed by atoms with Crippen LogP contribution in [-0.2, 0) is 9.59 Å². The first-order valence-corrected chi connectivity index (χ1v) is 15.5. The summed E-state index contributed by atoms with van der Waals surface area (Å²) < 4.78 is 10.5. The topological polar surface area (TPSA) is 153 Å². The minimum Gasteiger partial charge on any atom is -0.497 e. The molecule has 1 aliphatic carbocycles. The molecule has 3 aromatic rings. The predicted octanol–water partition coefficient (Wildman–Crippen LogP) is 4.98. The highest BCUT2D eigenvalue weighted by Gasteiger charge is 2.54. The van der Waals surface area contributed by atoms with Gasteiger partial charge in [-0.05, 0) is 67.4 Å². The minimum absolute atomic E-state index is 0.0552. The lowest BCUT2D eigenvalue weighted by molar-refractivity contribution is -0.384. The quantitative estimate of drug-likeness (QED) is 0.0562. The van der Waals surface area contributed by atoms with E-state index < -0.39 is 52.8 Å². The number of nitro benzene ring substituents is 1. The van der Waals surface area contributed by atoms with Crippen molar-refractivity contribution in [2.24, 2.45) is 11.8 Å². The Morgan fingerprint density at radius 2 is 1.44 bits per heavy atom. The van der Waals surface area contributed by atoms with Crippen molar-refractivity contribution in [3.63, 3.8) is 0 Å². The number of rotatable bonds is 9. The van der Waals surface area contributed by atoms with Crippen LogP contribution in [0.2, 0.25) is 0 Å². The van der Waals surface area contributed by atoms with E-state index in [4.69, 9.17) is 9.47 Å². The number of carbonyl (C=O) groups excluding carboxylic acids is 5. The van der Waals surface area contributed by atoms with Crippen molar-refractivity contribution in [3.05, 3.63) is 99.6 Å². The van der Waals surface area contributed by atoms with E-state index >= 15 is 0 Å². The highest BCUT2D eigenvalue weighted by atomic mass is 79.9. The third-order valence-corrected chi connectivity index (χ3v) is 10.4. The molecule has 1 heterocycles. The van der Waals surface area contributed by atoms with Gasteiger partial charge in [-0.15, -0.1) is 0 Å². The van der Waals surface area contributed by atoms with Gasteiger partial charge in [0, 0.05) is 32.9 Å². The van der Waals surface area contributed by atoms with Crippen LogP contribution >= 0.6 is 31.9 Å². The van der Waals surface area contributed by atoms with Crippen molar-refractivity contribution in [2.45, 2.75) is 22.5 Å². The van der Waals surface area contributed by atoms with Gasteiger partial charge in [0.25, 0.3) is 23.4 Å². The molecule has 1 saturated carbocycles. The first-order valence-electron chi connectivity index (χ1n) is 13.7. The Balaban J connectivity index is 1.38. The summed E-state index contributed by atoms with van der Waals surface area (Å²) in [5, 5.41) is 12.7. The maximum absolute atomic E-state index is 13.7. The Kier molecular flexibility index (Phi) is 9.44. The van der Waals surface area contributed by atoms with Crippen molar-refractivity contribution >= 4 is 67.0 Å². The Labute approximate surface area is 273 Å². The Morgan fingerprint density at radius 1 is 0.867 bits per heavy atom. The molecule has 14 heteroatoms. The van der Waals surface area contributed by atoms with Gasteiger partial charge in [0.1, 0.15) is 18.0 Å². The Hall–Kier alpha value is -4.43. The van der Waals surface area contributed by atoms with Crippen LogP contribution < -0.4 is 9.47 Å². The minimum atomic E-state index is -0.854. The van der Waals surface area contributed by atoms with Gasteiger partial charge in [0.15, 0.2) is 5.78 Å². The van der Waals surface area contributed by atoms with E-state index in [0.717, 1.165) is 22.2 Å². The van der Waals surface area contributed by atoms with Crippen molar-refractivity contribution in [3.8, 4) is 11.5 Å². The van der Waals surface area contributed by atoms with Gasteiger partial charge in [-0.25, -0.2) is 9.80 Å². The molecule has 1 aliphatic heterocycles. The van der Waals surface area contributed by atoms with Crippen molar-refractivity contribution in [1.29, 1.82) is 0 Å². The molecule has 3 aromatic carbocycles. The standard InChI is InChI=1S/C31H25Br2N3O9/c1-44-22-4-2-3-19(13-22)31(41)45-21-11-7-17(8-12-21)27(37)16-34(28(38)18-5-9-20(10-6-18)36(42)43)35-29(39)23-14-25(32)26(33)15-24(23)30(35)40/h2-13,23-26H,14-16H2,1H3/t23-,24+,25+,26-. The summed E-state index contributed by atoms with van der Waals surface area (Å²) in [6.45, 7) is -0.675. The van der Waals surface area contributed by atoms with Gasteiger partial charge in [-0.1, -0.05) is 37.9 Å². The number of Topliss-reactive ketones (excluding diaryl/α,β-unsaturated/α-hetero) is 1. The fraction of sp³-hybridized carbons (Fsp3) is 0.258. The van der Waals surface area contributed by atoms with E-state index in [-0.39, 0.29) is 37.8 Å². The van der Waals surface area contributed by atoms with E-state index in [1.54, 1.807) is 18.2 Å². The number of methoxy groups -OCH3 is 1. The molecule has 0 radical (unpaired) electrons. The van der Waals surface area contributed by atoms with Crippen LogP contribution in [0.4, 0.5) is 5.69 Å². The number of imide groups is 1. The molecule has 0 bridgehead atoms. The summed E-state index contributed by atoms with van der Waals surface area (Å²) in [7, 11) is 1.47. The number of nitro groups is 1. The van der Waals surface area contributed by atoms with Crippen LogP contribution in [0.3, 0.4) is 0 Å². The highest BCUT2D eigenvalue weighted by Crippen LogP contribution is 2.43. The number of ether oxygens (including phenoxy) is 2. The Morgan fingerprint density at radius 3 is 2.00 bits per heavy atom. The van der Waals surface area contributed by atoms with Crippen molar-refractivity contribution < 1.29 is 38.4 Å². The van der Waals surface area contributed by atoms with E-state index in [1.165, 1.54) is 49.6 Å². The number of amides is 3. The molecule has 2 aliphatic rings. The van der Waals surface area contributed by atoms with Gasteiger partial charge in [-0.3, -0.25) is 29.3 Å². The van der Waals surface area contributed by atoms with E-state index in [9.17, 15) is 34.1 Å². The number of esters is 1. The second-order valence-electron chi connectivity index (χ2n) is 10.4. The maximum atomic E-state index is 13.7. The fourth-order valence-electron chi connectivity index (χ4n) is 5.28. The monoisotopic (exact) mass is 741 g/mol. The molecule has 2 fully saturated rings. The average molecular weight is 743 g/mol. The molecule has 0 aromatic heterocycles. The molecule has 5 rings (SSSR count). The summed E-state index contributed by atoms with van der Waals surface area (Å²) in [5.41, 5.74) is 0.0657. The highest BCUT2D eigenvalue weighted by molar-refractivity contribution is 9.12. The van der Waals surface area contributed by atoms with Crippen molar-refractivity contribution in [2.75, 3.05) is 13.7 Å². The number of nitrogens with zero attached hydrogens (tertiary/aromatic N) is 3. The fourth-order valence-corrected chi connectivity index (χ4v) is 6.51. The molecule has 0 spiro atoms. The summed E-state index contributed by atoms with van der Waals surface area (Å²) in [5.74, 6) is -4.04. The third-order valence-electron chi connectivity index (χ3n) is 7.67. The molecule has 1 saturated heterocycles. The van der Waals surface area contributed by atoms with Crippen LogP contribution in [0.5, 0.6) is 11.5 Å². The normalized spacial score (nSPS) is 20.7. The molecule has 0 unspecified atom stereocenters. The van der Waals surface area contributed by atoms with Crippen molar-refractivity contribution in [1.82, 2.24) is 10.0 Å². The first kappa shape index (κ1) is 32.0.